The highest BCUT2D eigenvalue weighted by Gasteiger charge is 2.35. The first-order valence-electron chi connectivity index (χ1n) is 4.95. The molecule has 1 aliphatic heterocycles. The lowest BCUT2D eigenvalue weighted by molar-refractivity contribution is 0.0213. The van der Waals surface area contributed by atoms with E-state index in [2.05, 4.69) is 24.3 Å². The molecule has 1 aromatic rings. The smallest absolute Gasteiger partial charge is 0.124 e. The molecule has 0 spiro atoms. The second-order valence-corrected chi connectivity index (χ2v) is 4.16. The van der Waals surface area contributed by atoms with Gasteiger partial charge >= 0.3 is 0 Å². The van der Waals surface area contributed by atoms with Gasteiger partial charge in [0.15, 0.2) is 0 Å². The summed E-state index contributed by atoms with van der Waals surface area (Å²) in [6, 6.07) is 2.27. The SMILES string of the molecule is CC1(C)OCCC1NCc1ccon1. The van der Waals surface area contributed by atoms with Gasteiger partial charge in [-0.3, -0.25) is 0 Å². The molecule has 0 aromatic carbocycles. The molecule has 0 saturated carbocycles. The second-order valence-electron chi connectivity index (χ2n) is 4.16. The van der Waals surface area contributed by atoms with Gasteiger partial charge in [-0.1, -0.05) is 5.16 Å². The number of hydrogen-bond donors (Lipinski definition) is 1. The van der Waals surface area contributed by atoms with Crippen LogP contribution in [0, 0.1) is 0 Å². The maximum Gasteiger partial charge on any atom is 0.124 e. The minimum Gasteiger partial charge on any atom is -0.374 e. The summed E-state index contributed by atoms with van der Waals surface area (Å²) in [5.41, 5.74) is 0.872. The van der Waals surface area contributed by atoms with E-state index < -0.39 is 0 Å². The standard InChI is InChI=1S/C10H16N2O2/c1-10(2)9(4-5-13-10)11-7-8-3-6-14-12-8/h3,6,9,11H,4-5,7H2,1-2H3. The van der Waals surface area contributed by atoms with Crippen molar-refractivity contribution in [3.8, 4) is 0 Å². The lowest BCUT2D eigenvalue weighted by atomic mass is 9.99. The third-order valence-corrected chi connectivity index (χ3v) is 2.74. The monoisotopic (exact) mass is 196 g/mol. The summed E-state index contributed by atoms with van der Waals surface area (Å²) in [7, 11) is 0. The quantitative estimate of drug-likeness (QED) is 0.792. The van der Waals surface area contributed by atoms with Crippen LogP contribution in [0.5, 0.6) is 0 Å². The summed E-state index contributed by atoms with van der Waals surface area (Å²) in [5, 5.41) is 7.27. The Bertz CT molecular complexity index is 282. The van der Waals surface area contributed by atoms with Crippen molar-refractivity contribution >= 4 is 0 Å². The van der Waals surface area contributed by atoms with Crippen molar-refractivity contribution in [3.63, 3.8) is 0 Å². The van der Waals surface area contributed by atoms with Crippen LogP contribution in [0.1, 0.15) is 26.0 Å². The zero-order valence-electron chi connectivity index (χ0n) is 8.62. The topological polar surface area (TPSA) is 47.3 Å². The predicted molar refractivity (Wildman–Crippen MR) is 51.8 cm³/mol. The molecule has 1 aliphatic rings. The number of ether oxygens (including phenoxy) is 1. The van der Waals surface area contributed by atoms with Gasteiger partial charge in [0.05, 0.1) is 11.3 Å². The van der Waals surface area contributed by atoms with Gasteiger partial charge < -0.3 is 14.6 Å². The third-order valence-electron chi connectivity index (χ3n) is 2.74. The summed E-state index contributed by atoms with van der Waals surface area (Å²) >= 11 is 0. The molecule has 4 nitrogen and oxygen atoms in total. The van der Waals surface area contributed by atoms with Crippen molar-refractivity contribution in [1.82, 2.24) is 10.5 Å². The minimum atomic E-state index is -0.0657. The average Bonchev–Trinajstić information content (AvgIpc) is 2.71. The number of aromatic nitrogens is 1. The van der Waals surface area contributed by atoms with Crippen LogP contribution in [-0.4, -0.2) is 23.4 Å². The number of hydrogen-bond acceptors (Lipinski definition) is 4. The van der Waals surface area contributed by atoms with Gasteiger partial charge in [-0.15, -0.1) is 0 Å². The minimum absolute atomic E-state index is 0.0657. The zero-order chi connectivity index (χ0) is 10.0. The lowest BCUT2D eigenvalue weighted by Gasteiger charge is -2.26. The molecule has 1 atom stereocenters. The Balaban J connectivity index is 1.86. The lowest BCUT2D eigenvalue weighted by Crippen LogP contribution is -2.42. The summed E-state index contributed by atoms with van der Waals surface area (Å²) in [6.07, 6.45) is 2.65. The molecular weight excluding hydrogens is 180 g/mol. The van der Waals surface area contributed by atoms with Gasteiger partial charge in [0.25, 0.3) is 0 Å². The fraction of sp³-hybridized carbons (Fsp3) is 0.700. The van der Waals surface area contributed by atoms with Crippen LogP contribution < -0.4 is 5.32 Å². The van der Waals surface area contributed by atoms with Crippen LogP contribution in [0.4, 0.5) is 0 Å². The maximum absolute atomic E-state index is 5.62. The molecule has 4 heteroatoms. The van der Waals surface area contributed by atoms with Crippen LogP contribution in [0.3, 0.4) is 0 Å². The fourth-order valence-electron chi connectivity index (χ4n) is 1.79. The molecule has 0 aliphatic carbocycles. The van der Waals surface area contributed by atoms with Crippen LogP contribution in [0.25, 0.3) is 0 Å². The Morgan fingerprint density at radius 3 is 3.07 bits per heavy atom. The van der Waals surface area contributed by atoms with E-state index in [1.165, 1.54) is 0 Å². The van der Waals surface area contributed by atoms with Crippen LogP contribution >= 0.6 is 0 Å². The van der Waals surface area contributed by atoms with Crippen molar-refractivity contribution in [1.29, 1.82) is 0 Å². The van der Waals surface area contributed by atoms with E-state index in [1.807, 2.05) is 6.07 Å². The van der Waals surface area contributed by atoms with Gasteiger partial charge in [0, 0.05) is 25.3 Å². The second kappa shape index (κ2) is 3.71. The fourth-order valence-corrected chi connectivity index (χ4v) is 1.79. The molecule has 1 saturated heterocycles. The molecule has 2 heterocycles. The highest BCUT2D eigenvalue weighted by molar-refractivity contribution is 4.97. The van der Waals surface area contributed by atoms with E-state index in [9.17, 15) is 0 Å². The van der Waals surface area contributed by atoms with Gasteiger partial charge in [-0.25, -0.2) is 0 Å². The molecule has 0 radical (unpaired) electrons. The van der Waals surface area contributed by atoms with E-state index in [0.29, 0.717) is 6.04 Å². The summed E-state index contributed by atoms with van der Waals surface area (Å²) in [6.45, 7) is 5.80. The van der Waals surface area contributed by atoms with Crippen molar-refractivity contribution < 1.29 is 9.26 Å². The van der Waals surface area contributed by atoms with Gasteiger partial charge in [0.1, 0.15) is 6.26 Å². The third kappa shape index (κ3) is 1.96. The van der Waals surface area contributed by atoms with Crippen molar-refractivity contribution in [3.05, 3.63) is 18.0 Å². The molecule has 1 aromatic heterocycles. The molecule has 1 unspecified atom stereocenters. The Labute approximate surface area is 83.6 Å². The molecule has 0 bridgehead atoms. The van der Waals surface area contributed by atoms with E-state index in [0.717, 1.165) is 25.3 Å². The molecule has 14 heavy (non-hydrogen) atoms. The maximum atomic E-state index is 5.62. The Morgan fingerprint density at radius 2 is 2.50 bits per heavy atom. The number of nitrogens with one attached hydrogen (secondary N) is 1. The van der Waals surface area contributed by atoms with Crippen molar-refractivity contribution in [2.75, 3.05) is 6.61 Å². The largest absolute Gasteiger partial charge is 0.374 e. The van der Waals surface area contributed by atoms with Crippen molar-refractivity contribution in [2.45, 2.75) is 38.5 Å². The highest BCUT2D eigenvalue weighted by atomic mass is 16.5. The van der Waals surface area contributed by atoms with Gasteiger partial charge in [-0.05, 0) is 20.3 Å². The summed E-state index contributed by atoms with van der Waals surface area (Å²) < 4.78 is 10.4. The number of nitrogens with zero attached hydrogens (tertiary/aromatic N) is 1. The normalized spacial score (nSPS) is 25.4. The first-order chi connectivity index (χ1) is 6.68. The summed E-state index contributed by atoms with van der Waals surface area (Å²) in [4.78, 5) is 0. The zero-order valence-corrected chi connectivity index (χ0v) is 8.62. The molecule has 1 fully saturated rings. The van der Waals surface area contributed by atoms with Crippen LogP contribution in [0.15, 0.2) is 16.9 Å². The highest BCUT2D eigenvalue weighted by Crippen LogP contribution is 2.24. The molecule has 78 valence electrons. The molecule has 2 rings (SSSR count). The van der Waals surface area contributed by atoms with Crippen LogP contribution in [-0.2, 0) is 11.3 Å². The van der Waals surface area contributed by atoms with Crippen molar-refractivity contribution in [2.24, 2.45) is 0 Å². The molecule has 1 N–H and O–H groups in total. The van der Waals surface area contributed by atoms with Crippen LogP contribution in [0.2, 0.25) is 0 Å². The summed E-state index contributed by atoms with van der Waals surface area (Å²) in [5.74, 6) is 0. The Hall–Kier alpha value is -0.870. The van der Waals surface area contributed by atoms with E-state index >= 15 is 0 Å². The Morgan fingerprint density at radius 1 is 1.64 bits per heavy atom. The molecule has 0 amide bonds. The van der Waals surface area contributed by atoms with E-state index in [4.69, 9.17) is 9.26 Å². The first-order valence-corrected chi connectivity index (χ1v) is 4.95. The van der Waals surface area contributed by atoms with E-state index in [1.54, 1.807) is 6.26 Å². The molecular formula is C10H16N2O2. The predicted octanol–water partition coefficient (Wildman–Crippen LogP) is 1.33. The van der Waals surface area contributed by atoms with Gasteiger partial charge in [0.2, 0.25) is 0 Å². The average molecular weight is 196 g/mol. The number of rotatable bonds is 3. The van der Waals surface area contributed by atoms with E-state index in [-0.39, 0.29) is 5.60 Å². The van der Waals surface area contributed by atoms with Gasteiger partial charge in [-0.2, -0.15) is 0 Å². The first kappa shape index (κ1) is 9.68. The Kier molecular flexibility index (Phi) is 2.56.